The van der Waals surface area contributed by atoms with E-state index in [1.54, 1.807) is 6.92 Å². The summed E-state index contributed by atoms with van der Waals surface area (Å²) in [5.74, 6) is -1.28. The molecule has 128 valence electrons. The summed E-state index contributed by atoms with van der Waals surface area (Å²) in [5.41, 5.74) is 0. The van der Waals surface area contributed by atoms with Crippen LogP contribution in [0.5, 0.6) is 0 Å². The molecule has 9 nitrogen and oxygen atoms in total. The highest BCUT2D eigenvalue weighted by atomic mass is 16.7. The number of hydrogen-bond donors (Lipinski definition) is 0. The summed E-state index contributed by atoms with van der Waals surface area (Å²) in [6.45, 7) is 5.17. The van der Waals surface area contributed by atoms with Crippen molar-refractivity contribution in [2.75, 3.05) is 6.61 Å². The van der Waals surface area contributed by atoms with Crippen LogP contribution in [0.3, 0.4) is 0 Å². The molecular formula is C14H19NO8. The zero-order valence-electron chi connectivity index (χ0n) is 13.3. The van der Waals surface area contributed by atoms with Crippen molar-refractivity contribution in [1.29, 1.82) is 0 Å². The molecule has 0 spiro atoms. The fourth-order valence-corrected chi connectivity index (χ4v) is 2.53. The minimum absolute atomic E-state index is 0.170. The monoisotopic (exact) mass is 329 g/mol. The first-order chi connectivity index (χ1) is 10.8. The maximum absolute atomic E-state index is 11.4. The summed E-state index contributed by atoms with van der Waals surface area (Å²) in [6, 6.07) is -0.656. The van der Waals surface area contributed by atoms with Crippen LogP contribution in [0.1, 0.15) is 27.7 Å². The second-order valence-electron chi connectivity index (χ2n) is 5.25. The number of ether oxygens (including phenoxy) is 5. The van der Waals surface area contributed by atoms with Gasteiger partial charge in [0.05, 0.1) is 0 Å². The molecule has 2 aliphatic rings. The molecule has 0 unspecified atom stereocenters. The largest absolute Gasteiger partial charge is 0.463 e. The molecule has 9 heteroatoms. The first-order valence-corrected chi connectivity index (χ1v) is 7.12. The number of aliphatic imine (C=N–C) groups is 1. The van der Waals surface area contributed by atoms with Gasteiger partial charge in [0.25, 0.3) is 0 Å². The molecule has 0 saturated carbocycles. The highest BCUT2D eigenvalue weighted by Crippen LogP contribution is 2.32. The molecule has 1 saturated heterocycles. The Morgan fingerprint density at radius 1 is 1.04 bits per heavy atom. The first kappa shape index (κ1) is 17.2. The quantitative estimate of drug-likeness (QED) is 0.522. The van der Waals surface area contributed by atoms with Crippen LogP contribution in [0.25, 0.3) is 0 Å². The van der Waals surface area contributed by atoms with Crippen molar-refractivity contribution < 1.29 is 38.1 Å². The highest BCUT2D eigenvalue weighted by molar-refractivity contribution is 5.75. The molecule has 1 fully saturated rings. The van der Waals surface area contributed by atoms with E-state index in [4.69, 9.17) is 23.7 Å². The van der Waals surface area contributed by atoms with Crippen LogP contribution in [0.4, 0.5) is 0 Å². The van der Waals surface area contributed by atoms with Crippen LogP contribution in [-0.4, -0.2) is 61.1 Å². The Labute approximate surface area is 132 Å². The number of fused-ring (bicyclic) bond motifs is 1. The average Bonchev–Trinajstić information content (AvgIpc) is 2.78. The molecule has 0 aromatic carbocycles. The van der Waals surface area contributed by atoms with Gasteiger partial charge in [-0.25, -0.2) is 4.99 Å². The van der Waals surface area contributed by atoms with Crippen LogP contribution in [0.15, 0.2) is 4.99 Å². The van der Waals surface area contributed by atoms with E-state index in [0.29, 0.717) is 5.90 Å². The van der Waals surface area contributed by atoms with Gasteiger partial charge in [0.1, 0.15) is 12.7 Å². The Hall–Kier alpha value is -2.16. The van der Waals surface area contributed by atoms with Crippen molar-refractivity contribution in [3.8, 4) is 0 Å². The number of nitrogens with zero attached hydrogens (tertiary/aromatic N) is 1. The molecule has 2 rings (SSSR count). The molecule has 0 amide bonds. The summed E-state index contributed by atoms with van der Waals surface area (Å²) < 4.78 is 26.5. The predicted octanol–water partition coefficient (Wildman–Crippen LogP) is -0.0450. The van der Waals surface area contributed by atoms with Gasteiger partial charge in [0, 0.05) is 27.7 Å². The molecule has 23 heavy (non-hydrogen) atoms. The topological polar surface area (TPSA) is 110 Å². The van der Waals surface area contributed by atoms with Crippen LogP contribution >= 0.6 is 0 Å². The normalized spacial score (nSPS) is 32.2. The molecule has 0 bridgehead atoms. The summed E-state index contributed by atoms with van der Waals surface area (Å²) in [6.07, 6.45) is -3.50. The van der Waals surface area contributed by atoms with Crippen molar-refractivity contribution in [1.82, 2.24) is 0 Å². The van der Waals surface area contributed by atoms with E-state index in [9.17, 15) is 14.4 Å². The number of carbonyl (C=O) groups excluding carboxylic acids is 3. The van der Waals surface area contributed by atoms with Gasteiger partial charge in [-0.2, -0.15) is 0 Å². The molecule has 0 aromatic heterocycles. The first-order valence-electron chi connectivity index (χ1n) is 7.12. The second kappa shape index (κ2) is 6.95. The lowest BCUT2D eigenvalue weighted by atomic mass is 9.97. The number of carbonyl (C=O) groups is 3. The number of rotatable bonds is 4. The third-order valence-electron chi connectivity index (χ3n) is 3.29. The van der Waals surface area contributed by atoms with Gasteiger partial charge in [-0.1, -0.05) is 0 Å². The Balaban J connectivity index is 2.26. The van der Waals surface area contributed by atoms with Gasteiger partial charge in [0.2, 0.25) is 6.29 Å². The van der Waals surface area contributed by atoms with Gasteiger partial charge in [0.15, 0.2) is 24.1 Å². The number of esters is 3. The molecule has 5 atom stereocenters. The second-order valence-corrected chi connectivity index (χ2v) is 5.25. The summed E-state index contributed by atoms with van der Waals surface area (Å²) in [5, 5.41) is 0. The van der Waals surface area contributed by atoms with E-state index >= 15 is 0 Å². The van der Waals surface area contributed by atoms with Crippen LogP contribution in [0.2, 0.25) is 0 Å². The Morgan fingerprint density at radius 3 is 2.22 bits per heavy atom. The smallest absolute Gasteiger partial charge is 0.303 e. The van der Waals surface area contributed by atoms with Crippen LogP contribution < -0.4 is 0 Å². The van der Waals surface area contributed by atoms with E-state index in [-0.39, 0.29) is 6.61 Å². The zero-order chi connectivity index (χ0) is 17.1. The standard InChI is InChI=1S/C14H19NO8/c1-6-15-11-13(22-9(4)18)12(21-8(3)17)10(5-19-7(2)16)23-14(11)20-6/h10-14H,5H2,1-4H3/t10-,11+,12-,13-,14-/m0/s1. The third kappa shape index (κ3) is 4.19. The van der Waals surface area contributed by atoms with Gasteiger partial charge in [-0.15, -0.1) is 0 Å². The van der Waals surface area contributed by atoms with E-state index < -0.39 is 48.6 Å². The van der Waals surface area contributed by atoms with E-state index in [1.807, 2.05) is 0 Å². The van der Waals surface area contributed by atoms with Crippen molar-refractivity contribution in [2.24, 2.45) is 4.99 Å². The lowest BCUT2D eigenvalue weighted by molar-refractivity contribution is -0.249. The molecule has 2 aliphatic heterocycles. The molecule has 2 heterocycles. The Morgan fingerprint density at radius 2 is 1.65 bits per heavy atom. The number of hydrogen-bond acceptors (Lipinski definition) is 9. The summed E-state index contributed by atoms with van der Waals surface area (Å²) in [4.78, 5) is 38.1. The minimum Gasteiger partial charge on any atom is -0.463 e. The summed E-state index contributed by atoms with van der Waals surface area (Å²) in [7, 11) is 0. The van der Waals surface area contributed by atoms with Crippen LogP contribution in [-0.2, 0) is 38.1 Å². The van der Waals surface area contributed by atoms with E-state index in [2.05, 4.69) is 4.99 Å². The fraction of sp³-hybridized carbons (Fsp3) is 0.714. The van der Waals surface area contributed by atoms with Gasteiger partial charge in [-0.3, -0.25) is 14.4 Å². The minimum atomic E-state index is -0.963. The van der Waals surface area contributed by atoms with Crippen molar-refractivity contribution in [2.45, 2.75) is 58.3 Å². The molecular weight excluding hydrogens is 310 g/mol. The van der Waals surface area contributed by atoms with Crippen molar-refractivity contribution in [3.63, 3.8) is 0 Å². The third-order valence-corrected chi connectivity index (χ3v) is 3.29. The maximum atomic E-state index is 11.4. The van der Waals surface area contributed by atoms with Gasteiger partial charge in [-0.05, 0) is 0 Å². The Kier molecular flexibility index (Phi) is 5.19. The molecule has 0 radical (unpaired) electrons. The van der Waals surface area contributed by atoms with E-state index in [1.165, 1.54) is 20.8 Å². The van der Waals surface area contributed by atoms with Gasteiger partial charge >= 0.3 is 17.9 Å². The maximum Gasteiger partial charge on any atom is 0.303 e. The van der Waals surface area contributed by atoms with Gasteiger partial charge < -0.3 is 23.7 Å². The predicted molar refractivity (Wildman–Crippen MR) is 74.4 cm³/mol. The lowest BCUT2D eigenvalue weighted by Crippen LogP contribution is -2.60. The molecule has 0 aromatic rings. The van der Waals surface area contributed by atoms with Crippen molar-refractivity contribution in [3.05, 3.63) is 0 Å². The van der Waals surface area contributed by atoms with Crippen molar-refractivity contribution >= 4 is 23.8 Å². The fourth-order valence-electron chi connectivity index (χ4n) is 2.53. The molecule has 0 aliphatic carbocycles. The lowest BCUT2D eigenvalue weighted by Gasteiger charge is -2.40. The summed E-state index contributed by atoms with van der Waals surface area (Å²) >= 11 is 0. The zero-order valence-corrected chi connectivity index (χ0v) is 13.3. The van der Waals surface area contributed by atoms with E-state index in [0.717, 1.165) is 0 Å². The highest BCUT2D eigenvalue weighted by Gasteiger charge is 2.53. The van der Waals surface area contributed by atoms with Crippen LogP contribution in [0, 0.1) is 0 Å². The molecule has 0 N–H and O–H groups in total. The average molecular weight is 329 g/mol. The SMILES string of the molecule is CC(=O)OC[C@@H]1O[C@@H]2OC(C)=N[C@@H]2[C@H](OC(C)=O)[C@H]1OC(C)=O. The Bertz CT molecular complexity index is 531.